The average Bonchev–Trinajstić information content (AvgIpc) is 3.04. The normalized spacial score (nSPS) is 19.3. The van der Waals surface area contributed by atoms with Crippen LogP contribution in [0, 0.1) is 0 Å². The summed E-state index contributed by atoms with van der Waals surface area (Å²) < 4.78 is 7.44. The highest BCUT2D eigenvalue weighted by Crippen LogP contribution is 2.40. The number of rotatable bonds is 3. The summed E-state index contributed by atoms with van der Waals surface area (Å²) in [6.07, 6.45) is 1.15. The molecule has 0 saturated heterocycles. The first-order valence-corrected chi connectivity index (χ1v) is 6.22. The molecule has 1 aromatic heterocycles. The van der Waals surface area contributed by atoms with Gasteiger partial charge in [-0.3, -0.25) is 4.68 Å². The predicted octanol–water partition coefficient (Wildman–Crippen LogP) is 2.11. The van der Waals surface area contributed by atoms with Gasteiger partial charge in [-0.25, -0.2) is 0 Å². The largest absolute Gasteiger partial charge is 0.493 e. The number of aryl methyl sites for hydroxylation is 1. The van der Waals surface area contributed by atoms with E-state index in [4.69, 9.17) is 4.74 Å². The van der Waals surface area contributed by atoms with Gasteiger partial charge in [0.05, 0.1) is 18.2 Å². The van der Waals surface area contributed by atoms with Gasteiger partial charge >= 0.3 is 0 Å². The van der Waals surface area contributed by atoms with Crippen LogP contribution in [0.25, 0.3) is 0 Å². The number of aromatic nitrogens is 2. The van der Waals surface area contributed by atoms with Crippen LogP contribution in [-0.4, -0.2) is 21.5 Å². The molecule has 4 heteroatoms. The minimum absolute atomic E-state index is 0.0109. The first-order chi connectivity index (χ1) is 8.81. The van der Waals surface area contributed by atoms with Crippen LogP contribution in [0.5, 0.6) is 5.75 Å². The van der Waals surface area contributed by atoms with Gasteiger partial charge in [-0.05, 0) is 19.1 Å². The third-order valence-corrected chi connectivity index (χ3v) is 3.47. The number of para-hydroxylation sites is 1. The van der Waals surface area contributed by atoms with Gasteiger partial charge in [-0.15, -0.1) is 0 Å². The van der Waals surface area contributed by atoms with Gasteiger partial charge in [-0.2, -0.15) is 5.10 Å². The van der Waals surface area contributed by atoms with Crippen LogP contribution in [0.4, 0.5) is 0 Å². The molecule has 18 heavy (non-hydrogen) atoms. The van der Waals surface area contributed by atoms with Crippen LogP contribution >= 0.6 is 0 Å². The maximum Gasteiger partial charge on any atom is 0.123 e. The number of ether oxygens (including phenoxy) is 1. The van der Waals surface area contributed by atoms with Crippen molar-refractivity contribution in [3.63, 3.8) is 0 Å². The molecule has 1 aliphatic heterocycles. The van der Waals surface area contributed by atoms with E-state index in [0.29, 0.717) is 6.61 Å². The maximum atomic E-state index is 10.5. The summed E-state index contributed by atoms with van der Waals surface area (Å²) in [6, 6.07) is 9.76. The molecule has 2 aromatic rings. The molecule has 94 valence electrons. The van der Waals surface area contributed by atoms with E-state index in [1.807, 2.05) is 41.9 Å². The Morgan fingerprint density at radius 1 is 1.44 bits per heavy atom. The zero-order valence-electron chi connectivity index (χ0n) is 10.3. The highest BCUT2D eigenvalue weighted by molar-refractivity contribution is 5.41. The minimum Gasteiger partial charge on any atom is -0.493 e. The smallest absolute Gasteiger partial charge is 0.123 e. The SMILES string of the molecule is CCn1nccc1C(O)C1COc2ccccc21. The lowest BCUT2D eigenvalue weighted by Gasteiger charge is -2.18. The Morgan fingerprint density at radius 2 is 2.28 bits per heavy atom. The number of hydrogen-bond donors (Lipinski definition) is 1. The molecule has 1 aliphatic rings. The summed E-state index contributed by atoms with van der Waals surface area (Å²) >= 11 is 0. The lowest BCUT2D eigenvalue weighted by molar-refractivity contribution is 0.121. The molecule has 0 aliphatic carbocycles. The van der Waals surface area contributed by atoms with Crippen molar-refractivity contribution in [3.8, 4) is 5.75 Å². The number of nitrogens with zero attached hydrogens (tertiary/aromatic N) is 2. The molecular formula is C14H16N2O2. The lowest BCUT2D eigenvalue weighted by Crippen LogP contribution is -2.16. The van der Waals surface area contributed by atoms with Crippen LogP contribution in [-0.2, 0) is 6.54 Å². The van der Waals surface area contributed by atoms with Crippen LogP contribution < -0.4 is 4.74 Å². The van der Waals surface area contributed by atoms with Crippen LogP contribution in [0.15, 0.2) is 36.5 Å². The van der Waals surface area contributed by atoms with E-state index in [0.717, 1.165) is 23.6 Å². The van der Waals surface area contributed by atoms with Gasteiger partial charge in [0.1, 0.15) is 11.9 Å². The second-order valence-corrected chi connectivity index (χ2v) is 4.47. The highest BCUT2D eigenvalue weighted by atomic mass is 16.5. The Kier molecular flexibility index (Phi) is 2.80. The standard InChI is InChI=1S/C14H16N2O2/c1-2-16-12(7-8-15-16)14(17)11-9-18-13-6-4-3-5-10(11)13/h3-8,11,14,17H,2,9H2,1H3. The predicted molar refractivity (Wildman–Crippen MR) is 67.5 cm³/mol. The first-order valence-electron chi connectivity index (χ1n) is 6.22. The summed E-state index contributed by atoms with van der Waals surface area (Å²) in [4.78, 5) is 0. The molecule has 0 spiro atoms. The van der Waals surface area contributed by atoms with E-state index < -0.39 is 6.10 Å². The van der Waals surface area contributed by atoms with Crippen molar-refractivity contribution in [1.29, 1.82) is 0 Å². The number of aliphatic hydroxyl groups is 1. The Hall–Kier alpha value is -1.81. The molecule has 3 rings (SSSR count). The lowest BCUT2D eigenvalue weighted by atomic mass is 9.93. The monoisotopic (exact) mass is 244 g/mol. The van der Waals surface area contributed by atoms with E-state index in [9.17, 15) is 5.11 Å². The third kappa shape index (κ3) is 1.69. The minimum atomic E-state index is -0.573. The molecule has 1 aromatic carbocycles. The van der Waals surface area contributed by atoms with Crippen LogP contribution in [0.3, 0.4) is 0 Å². The Morgan fingerprint density at radius 3 is 3.11 bits per heavy atom. The quantitative estimate of drug-likeness (QED) is 0.899. The number of aliphatic hydroxyl groups excluding tert-OH is 1. The summed E-state index contributed by atoms with van der Waals surface area (Å²) in [5.74, 6) is 0.868. The molecule has 0 radical (unpaired) electrons. The fraction of sp³-hybridized carbons (Fsp3) is 0.357. The van der Waals surface area contributed by atoms with Crippen LogP contribution in [0.2, 0.25) is 0 Å². The topological polar surface area (TPSA) is 47.3 Å². The average molecular weight is 244 g/mol. The molecule has 2 heterocycles. The molecule has 0 fully saturated rings. The van der Waals surface area contributed by atoms with E-state index in [2.05, 4.69) is 5.10 Å². The summed E-state index contributed by atoms with van der Waals surface area (Å²) in [5.41, 5.74) is 1.93. The van der Waals surface area contributed by atoms with E-state index >= 15 is 0 Å². The number of benzene rings is 1. The second-order valence-electron chi connectivity index (χ2n) is 4.47. The fourth-order valence-corrected chi connectivity index (χ4v) is 2.51. The maximum absolute atomic E-state index is 10.5. The molecular weight excluding hydrogens is 228 g/mol. The van der Waals surface area contributed by atoms with Gasteiger partial charge in [0, 0.05) is 18.3 Å². The zero-order chi connectivity index (χ0) is 12.5. The van der Waals surface area contributed by atoms with Gasteiger partial charge < -0.3 is 9.84 Å². The van der Waals surface area contributed by atoms with Gasteiger partial charge in [0.15, 0.2) is 0 Å². The number of fused-ring (bicyclic) bond motifs is 1. The molecule has 0 saturated carbocycles. The highest BCUT2D eigenvalue weighted by Gasteiger charge is 2.32. The Labute approximate surface area is 106 Å². The first kappa shape index (κ1) is 11.3. The molecule has 0 amide bonds. The molecule has 2 unspecified atom stereocenters. The van der Waals surface area contributed by atoms with Crippen LogP contribution in [0.1, 0.15) is 30.2 Å². The zero-order valence-corrected chi connectivity index (χ0v) is 10.3. The van der Waals surface area contributed by atoms with Crippen molar-refractivity contribution in [1.82, 2.24) is 9.78 Å². The summed E-state index contributed by atoms with van der Waals surface area (Å²) in [7, 11) is 0. The van der Waals surface area contributed by atoms with Crippen molar-refractivity contribution >= 4 is 0 Å². The van der Waals surface area contributed by atoms with Gasteiger partial charge in [0.2, 0.25) is 0 Å². The van der Waals surface area contributed by atoms with Gasteiger partial charge in [-0.1, -0.05) is 18.2 Å². The van der Waals surface area contributed by atoms with Crippen molar-refractivity contribution < 1.29 is 9.84 Å². The summed E-state index contributed by atoms with van der Waals surface area (Å²) in [5, 5.41) is 14.7. The van der Waals surface area contributed by atoms with Crippen molar-refractivity contribution in [2.45, 2.75) is 25.5 Å². The summed E-state index contributed by atoms with van der Waals surface area (Å²) in [6.45, 7) is 3.30. The van der Waals surface area contributed by atoms with E-state index in [1.54, 1.807) is 6.20 Å². The van der Waals surface area contributed by atoms with Crippen molar-refractivity contribution in [3.05, 3.63) is 47.8 Å². The Bertz CT molecular complexity index is 550. The Balaban J connectivity index is 1.93. The van der Waals surface area contributed by atoms with E-state index in [-0.39, 0.29) is 5.92 Å². The van der Waals surface area contributed by atoms with Crippen molar-refractivity contribution in [2.75, 3.05) is 6.61 Å². The molecule has 0 bridgehead atoms. The van der Waals surface area contributed by atoms with E-state index in [1.165, 1.54) is 0 Å². The third-order valence-electron chi connectivity index (χ3n) is 3.47. The molecule has 4 nitrogen and oxygen atoms in total. The second kappa shape index (κ2) is 4.46. The molecule has 2 atom stereocenters. The number of hydrogen-bond acceptors (Lipinski definition) is 3. The fourth-order valence-electron chi connectivity index (χ4n) is 2.51. The van der Waals surface area contributed by atoms with Gasteiger partial charge in [0.25, 0.3) is 0 Å². The van der Waals surface area contributed by atoms with Crippen molar-refractivity contribution in [2.24, 2.45) is 0 Å². The molecule has 1 N–H and O–H groups in total.